The summed E-state index contributed by atoms with van der Waals surface area (Å²) in [6, 6.07) is -0.0872. The maximum atomic E-state index is 13.4. The molecule has 0 radical (unpaired) electrons. The van der Waals surface area contributed by atoms with E-state index in [4.69, 9.17) is 10.2 Å². The first-order valence-corrected chi connectivity index (χ1v) is 7.09. The summed E-state index contributed by atoms with van der Waals surface area (Å²) in [6.45, 7) is -0.334. The van der Waals surface area contributed by atoms with Crippen LogP contribution in [0.1, 0.15) is 10.4 Å². The van der Waals surface area contributed by atoms with E-state index in [0.717, 1.165) is 0 Å². The van der Waals surface area contributed by atoms with E-state index in [1.165, 1.54) is 0 Å². The van der Waals surface area contributed by atoms with E-state index in [9.17, 15) is 26.8 Å². The van der Waals surface area contributed by atoms with E-state index in [0.29, 0.717) is 12.1 Å². The highest BCUT2D eigenvalue weighted by molar-refractivity contribution is 7.89. The number of amides is 2. The summed E-state index contributed by atoms with van der Waals surface area (Å²) in [5.41, 5.74) is -1.39. The van der Waals surface area contributed by atoms with Gasteiger partial charge in [0, 0.05) is 12.6 Å². The summed E-state index contributed by atoms with van der Waals surface area (Å²) in [6.07, 6.45) is 0. The number of anilines is 1. The van der Waals surface area contributed by atoms with Crippen LogP contribution in [0.4, 0.5) is 19.3 Å². The standard InChI is InChI=1S/C10H11F2N3O5S/c11-6-4-7(12)8(3-5(6)9(16)17)15-10(18)14-1-2-21(13,19)20/h3-4H,1-2H2,(H,16,17)(H2,13,19,20)(H2,14,15,18). The molecule has 0 atom stereocenters. The van der Waals surface area contributed by atoms with Gasteiger partial charge in [0.1, 0.15) is 11.6 Å². The quantitative estimate of drug-likeness (QED) is 0.607. The van der Waals surface area contributed by atoms with Crippen LogP contribution in [-0.4, -0.2) is 37.8 Å². The van der Waals surface area contributed by atoms with E-state index in [-0.39, 0.29) is 6.54 Å². The Morgan fingerprint density at radius 2 is 1.86 bits per heavy atom. The first kappa shape index (κ1) is 16.8. The molecule has 0 aromatic heterocycles. The number of carbonyl (C=O) groups excluding carboxylic acids is 1. The number of urea groups is 1. The van der Waals surface area contributed by atoms with E-state index >= 15 is 0 Å². The van der Waals surface area contributed by atoms with Gasteiger partial charge >= 0.3 is 12.0 Å². The maximum Gasteiger partial charge on any atom is 0.338 e. The van der Waals surface area contributed by atoms with Gasteiger partial charge in [-0.25, -0.2) is 31.9 Å². The molecule has 2 amide bonds. The Hall–Kier alpha value is -2.27. The minimum absolute atomic E-state index is 0.309. The van der Waals surface area contributed by atoms with Crippen molar-refractivity contribution in [2.75, 3.05) is 17.6 Å². The number of hydrogen-bond donors (Lipinski definition) is 4. The number of carboxylic acids is 1. The molecule has 0 unspecified atom stereocenters. The van der Waals surface area contributed by atoms with Crippen molar-refractivity contribution >= 4 is 27.7 Å². The van der Waals surface area contributed by atoms with Crippen molar-refractivity contribution in [1.82, 2.24) is 5.32 Å². The van der Waals surface area contributed by atoms with Crippen LogP contribution in [0.15, 0.2) is 12.1 Å². The average Bonchev–Trinajstić information content (AvgIpc) is 2.30. The number of rotatable bonds is 5. The van der Waals surface area contributed by atoms with Crippen molar-refractivity contribution in [3.05, 3.63) is 29.3 Å². The van der Waals surface area contributed by atoms with Gasteiger partial charge in [0.05, 0.1) is 17.0 Å². The Morgan fingerprint density at radius 1 is 1.24 bits per heavy atom. The molecule has 21 heavy (non-hydrogen) atoms. The van der Waals surface area contributed by atoms with Crippen LogP contribution in [-0.2, 0) is 10.0 Å². The third-order valence-electron chi connectivity index (χ3n) is 2.21. The number of carboxylic acid groups (broad SMARTS) is 1. The number of hydrogen-bond acceptors (Lipinski definition) is 4. The molecule has 1 rings (SSSR count). The molecule has 0 spiro atoms. The predicted molar refractivity (Wildman–Crippen MR) is 68.3 cm³/mol. The first-order chi connectivity index (χ1) is 9.60. The number of primary sulfonamides is 1. The Morgan fingerprint density at radius 3 is 2.38 bits per heavy atom. The second-order valence-electron chi connectivity index (χ2n) is 3.86. The van der Waals surface area contributed by atoms with Gasteiger partial charge in [-0.15, -0.1) is 0 Å². The SMILES string of the molecule is NS(=O)(=O)CCNC(=O)Nc1cc(C(=O)O)c(F)cc1F. The zero-order valence-corrected chi connectivity index (χ0v) is 11.2. The zero-order valence-electron chi connectivity index (χ0n) is 10.4. The molecule has 5 N–H and O–H groups in total. The first-order valence-electron chi connectivity index (χ1n) is 5.38. The van der Waals surface area contributed by atoms with E-state index in [2.05, 4.69) is 5.32 Å². The molecule has 8 nitrogen and oxygen atoms in total. The second kappa shape index (κ2) is 6.45. The van der Waals surface area contributed by atoms with Gasteiger partial charge in [-0.05, 0) is 6.07 Å². The molecule has 0 bridgehead atoms. The van der Waals surface area contributed by atoms with Gasteiger partial charge in [-0.3, -0.25) is 0 Å². The van der Waals surface area contributed by atoms with Crippen LogP contribution in [0.5, 0.6) is 0 Å². The van der Waals surface area contributed by atoms with Crippen molar-refractivity contribution in [3.63, 3.8) is 0 Å². The number of sulfonamides is 1. The highest BCUT2D eigenvalue weighted by Crippen LogP contribution is 2.19. The van der Waals surface area contributed by atoms with Gasteiger partial charge in [0.15, 0.2) is 0 Å². The molecule has 0 aliphatic rings. The van der Waals surface area contributed by atoms with E-state index < -0.39 is 50.7 Å². The van der Waals surface area contributed by atoms with Crippen LogP contribution in [0.3, 0.4) is 0 Å². The summed E-state index contributed by atoms with van der Waals surface area (Å²) in [5, 5.41) is 17.4. The normalized spacial score (nSPS) is 11.0. The predicted octanol–water partition coefficient (Wildman–Crippen LogP) is 0.0730. The molecule has 1 aromatic carbocycles. The fourth-order valence-corrected chi connectivity index (χ4v) is 1.67. The highest BCUT2D eigenvalue weighted by atomic mass is 32.2. The lowest BCUT2D eigenvalue weighted by atomic mass is 10.2. The summed E-state index contributed by atoms with van der Waals surface area (Å²) in [5.74, 6) is -4.64. The number of nitrogens with one attached hydrogen (secondary N) is 2. The van der Waals surface area contributed by atoms with Crippen LogP contribution >= 0.6 is 0 Å². The van der Waals surface area contributed by atoms with Crippen LogP contribution < -0.4 is 15.8 Å². The lowest BCUT2D eigenvalue weighted by molar-refractivity contribution is 0.0691. The van der Waals surface area contributed by atoms with Gasteiger partial charge in [0.2, 0.25) is 10.0 Å². The molecule has 0 saturated heterocycles. The van der Waals surface area contributed by atoms with Crippen LogP contribution in [0.2, 0.25) is 0 Å². The molecule has 0 heterocycles. The lowest BCUT2D eigenvalue weighted by Gasteiger charge is -2.09. The minimum atomic E-state index is -3.77. The van der Waals surface area contributed by atoms with Crippen molar-refractivity contribution in [2.45, 2.75) is 0 Å². The molecule has 11 heteroatoms. The topological polar surface area (TPSA) is 139 Å². The molecule has 1 aromatic rings. The number of benzene rings is 1. The smallest absolute Gasteiger partial charge is 0.338 e. The Labute approximate surface area is 118 Å². The molecule has 116 valence electrons. The fraction of sp³-hybridized carbons (Fsp3) is 0.200. The third kappa shape index (κ3) is 5.31. The monoisotopic (exact) mass is 323 g/mol. The molecule has 0 saturated carbocycles. The van der Waals surface area contributed by atoms with Gasteiger partial charge < -0.3 is 15.7 Å². The van der Waals surface area contributed by atoms with Gasteiger partial charge in [-0.1, -0.05) is 0 Å². The Bertz CT molecular complexity index is 678. The van der Waals surface area contributed by atoms with Gasteiger partial charge in [0.25, 0.3) is 0 Å². The van der Waals surface area contributed by atoms with Crippen molar-refractivity contribution in [3.8, 4) is 0 Å². The molecular formula is C10H11F2N3O5S. The zero-order chi connectivity index (χ0) is 16.2. The maximum absolute atomic E-state index is 13.4. The summed E-state index contributed by atoms with van der Waals surface area (Å²) >= 11 is 0. The number of halogens is 2. The molecule has 0 aliphatic heterocycles. The average molecular weight is 323 g/mol. The third-order valence-corrected chi connectivity index (χ3v) is 2.98. The lowest BCUT2D eigenvalue weighted by Crippen LogP contribution is -2.34. The van der Waals surface area contributed by atoms with Crippen molar-refractivity contribution in [1.29, 1.82) is 0 Å². The molecule has 0 fully saturated rings. The second-order valence-corrected chi connectivity index (χ2v) is 5.60. The highest BCUT2D eigenvalue weighted by Gasteiger charge is 2.16. The fourth-order valence-electron chi connectivity index (χ4n) is 1.28. The largest absolute Gasteiger partial charge is 0.478 e. The van der Waals surface area contributed by atoms with E-state index in [1.54, 1.807) is 0 Å². The van der Waals surface area contributed by atoms with Crippen LogP contribution in [0.25, 0.3) is 0 Å². The molecular weight excluding hydrogens is 312 g/mol. The van der Waals surface area contributed by atoms with Crippen molar-refractivity contribution in [2.24, 2.45) is 5.14 Å². The summed E-state index contributed by atoms with van der Waals surface area (Å²) in [7, 11) is -3.77. The summed E-state index contributed by atoms with van der Waals surface area (Å²) < 4.78 is 47.7. The number of nitrogens with two attached hydrogens (primary N) is 1. The number of aromatic carboxylic acids is 1. The van der Waals surface area contributed by atoms with E-state index in [1.807, 2.05) is 5.32 Å². The van der Waals surface area contributed by atoms with Crippen LogP contribution in [0, 0.1) is 11.6 Å². The summed E-state index contributed by atoms with van der Waals surface area (Å²) in [4.78, 5) is 22.0. The minimum Gasteiger partial charge on any atom is -0.478 e. The number of carbonyl (C=O) groups is 2. The Balaban J connectivity index is 2.76. The van der Waals surface area contributed by atoms with Crippen molar-refractivity contribution < 1.29 is 31.9 Å². The van der Waals surface area contributed by atoms with Gasteiger partial charge in [-0.2, -0.15) is 0 Å². The Kier molecular flexibility index (Phi) is 5.16. The molecule has 0 aliphatic carbocycles.